The molecule has 1 atom stereocenters. The molecule has 0 fully saturated rings. The smallest absolute Gasteiger partial charge is 0.261 e. The molecule has 2 aromatic carbocycles. The maximum Gasteiger partial charge on any atom is 0.261 e. The summed E-state index contributed by atoms with van der Waals surface area (Å²) in [5, 5.41) is 2.65. The van der Waals surface area contributed by atoms with E-state index in [2.05, 4.69) is 5.32 Å². The number of amides is 2. The zero-order chi connectivity index (χ0) is 21.4. The average molecular weight is 399 g/mol. The number of nitrogens with zero attached hydrogens (tertiary/aromatic N) is 1. The number of benzene rings is 2. The van der Waals surface area contributed by atoms with Crippen LogP contribution in [-0.2, 0) is 16.1 Å². The maximum absolute atomic E-state index is 13.0. The van der Waals surface area contributed by atoms with Gasteiger partial charge in [-0.2, -0.15) is 0 Å². The summed E-state index contributed by atoms with van der Waals surface area (Å²) < 4.78 is 10.9. The van der Waals surface area contributed by atoms with E-state index < -0.39 is 6.04 Å². The van der Waals surface area contributed by atoms with Gasteiger partial charge in [0, 0.05) is 13.6 Å². The lowest BCUT2D eigenvalue weighted by molar-refractivity contribution is -0.142. The fraction of sp³-hybridized carbons (Fsp3) is 0.391. The van der Waals surface area contributed by atoms with E-state index in [-0.39, 0.29) is 18.4 Å². The highest BCUT2D eigenvalue weighted by Crippen LogP contribution is 2.18. The highest BCUT2D eigenvalue weighted by atomic mass is 16.5. The summed E-state index contributed by atoms with van der Waals surface area (Å²) in [7, 11) is 3.18. The van der Waals surface area contributed by atoms with Crippen LogP contribution in [0.4, 0.5) is 0 Å². The van der Waals surface area contributed by atoms with Crippen molar-refractivity contribution in [1.82, 2.24) is 10.2 Å². The van der Waals surface area contributed by atoms with Crippen LogP contribution >= 0.6 is 0 Å². The largest absolute Gasteiger partial charge is 0.497 e. The molecule has 6 nitrogen and oxygen atoms in total. The van der Waals surface area contributed by atoms with Crippen LogP contribution in [0.15, 0.2) is 42.5 Å². The van der Waals surface area contributed by atoms with Crippen molar-refractivity contribution in [1.29, 1.82) is 0 Å². The van der Waals surface area contributed by atoms with E-state index >= 15 is 0 Å². The van der Waals surface area contributed by atoms with Crippen molar-refractivity contribution in [2.45, 2.75) is 39.8 Å². The third-order valence-corrected chi connectivity index (χ3v) is 4.70. The van der Waals surface area contributed by atoms with Gasteiger partial charge >= 0.3 is 0 Å². The monoisotopic (exact) mass is 398 g/mol. The number of hydrogen-bond acceptors (Lipinski definition) is 4. The van der Waals surface area contributed by atoms with Crippen LogP contribution in [0.3, 0.4) is 0 Å². The highest BCUT2D eigenvalue weighted by Gasteiger charge is 2.28. The van der Waals surface area contributed by atoms with Gasteiger partial charge in [-0.05, 0) is 61.2 Å². The summed E-state index contributed by atoms with van der Waals surface area (Å²) in [5.74, 6) is 0.951. The number of hydrogen-bond donors (Lipinski definition) is 1. The van der Waals surface area contributed by atoms with E-state index in [4.69, 9.17) is 9.47 Å². The highest BCUT2D eigenvalue weighted by molar-refractivity contribution is 5.88. The molecule has 2 rings (SSSR count). The molecule has 1 N–H and O–H groups in total. The minimum absolute atomic E-state index is 0.132. The summed E-state index contributed by atoms with van der Waals surface area (Å²) in [6.07, 6.45) is 0.505. The van der Waals surface area contributed by atoms with Gasteiger partial charge in [-0.15, -0.1) is 0 Å². The third-order valence-electron chi connectivity index (χ3n) is 4.70. The second-order valence-corrected chi connectivity index (χ2v) is 7.02. The van der Waals surface area contributed by atoms with Gasteiger partial charge in [0.05, 0.1) is 7.11 Å². The van der Waals surface area contributed by atoms with Crippen molar-refractivity contribution in [2.75, 3.05) is 20.8 Å². The van der Waals surface area contributed by atoms with Gasteiger partial charge in [0.15, 0.2) is 6.61 Å². The van der Waals surface area contributed by atoms with E-state index in [1.807, 2.05) is 63.2 Å². The van der Waals surface area contributed by atoms with Crippen molar-refractivity contribution in [3.63, 3.8) is 0 Å². The van der Waals surface area contributed by atoms with Gasteiger partial charge < -0.3 is 19.7 Å². The number of carbonyl (C=O) groups is 2. The van der Waals surface area contributed by atoms with Gasteiger partial charge in [0.25, 0.3) is 5.91 Å². The molecule has 29 heavy (non-hydrogen) atoms. The van der Waals surface area contributed by atoms with E-state index in [1.165, 1.54) is 0 Å². The van der Waals surface area contributed by atoms with Crippen molar-refractivity contribution in [3.8, 4) is 11.5 Å². The molecule has 0 unspecified atom stereocenters. The van der Waals surface area contributed by atoms with Crippen LogP contribution in [0.5, 0.6) is 11.5 Å². The first kappa shape index (κ1) is 22.3. The molecular formula is C23H30N2O4. The van der Waals surface area contributed by atoms with Crippen LogP contribution in [0.25, 0.3) is 0 Å². The Kier molecular flexibility index (Phi) is 8.07. The van der Waals surface area contributed by atoms with Crippen molar-refractivity contribution in [3.05, 3.63) is 59.2 Å². The standard InChI is InChI=1S/C23H30N2O4/c1-6-21(23(27)24-4)25(14-18-7-9-19(28-5)10-8-18)22(26)15-29-20-12-16(2)11-17(3)13-20/h7-13,21H,6,14-15H2,1-5H3,(H,24,27)/t21-/m1/s1. The fourth-order valence-corrected chi connectivity index (χ4v) is 3.26. The Bertz CT molecular complexity index is 813. The predicted molar refractivity (Wildman–Crippen MR) is 113 cm³/mol. The molecule has 2 aromatic rings. The number of nitrogens with one attached hydrogen (secondary N) is 1. The minimum atomic E-state index is -0.572. The summed E-state index contributed by atoms with van der Waals surface area (Å²) in [6.45, 7) is 6.03. The quantitative estimate of drug-likeness (QED) is 0.704. The van der Waals surface area contributed by atoms with Crippen LogP contribution in [0.2, 0.25) is 0 Å². The summed E-state index contributed by atoms with van der Waals surface area (Å²) >= 11 is 0. The molecule has 0 aliphatic carbocycles. The first-order valence-corrected chi connectivity index (χ1v) is 9.73. The average Bonchev–Trinajstić information content (AvgIpc) is 2.71. The maximum atomic E-state index is 13.0. The van der Waals surface area contributed by atoms with Crippen LogP contribution in [0, 0.1) is 13.8 Å². The second kappa shape index (κ2) is 10.5. The molecule has 0 aromatic heterocycles. The molecule has 0 aliphatic heterocycles. The van der Waals surface area contributed by atoms with E-state index in [9.17, 15) is 9.59 Å². The van der Waals surface area contributed by atoms with E-state index in [0.717, 1.165) is 22.4 Å². The number of ether oxygens (including phenoxy) is 2. The summed E-state index contributed by atoms with van der Waals surface area (Å²) in [4.78, 5) is 27.0. The van der Waals surface area contributed by atoms with Crippen LogP contribution in [0.1, 0.15) is 30.0 Å². The van der Waals surface area contributed by atoms with Crippen molar-refractivity contribution >= 4 is 11.8 Å². The Morgan fingerprint density at radius 3 is 2.17 bits per heavy atom. The Balaban J connectivity index is 2.19. The molecule has 6 heteroatoms. The lowest BCUT2D eigenvalue weighted by Crippen LogP contribution is -2.49. The lowest BCUT2D eigenvalue weighted by Gasteiger charge is -2.30. The first-order chi connectivity index (χ1) is 13.9. The number of aryl methyl sites for hydroxylation is 2. The number of likely N-dealkylation sites (N-methyl/N-ethyl adjacent to an activating group) is 1. The van der Waals surface area contributed by atoms with Crippen LogP contribution < -0.4 is 14.8 Å². The zero-order valence-electron chi connectivity index (χ0n) is 17.8. The Morgan fingerprint density at radius 1 is 1.03 bits per heavy atom. The van der Waals surface area contributed by atoms with Gasteiger partial charge in [-0.3, -0.25) is 9.59 Å². The summed E-state index contributed by atoms with van der Waals surface area (Å²) in [6, 6.07) is 12.7. The van der Waals surface area contributed by atoms with E-state index in [1.54, 1.807) is 19.1 Å². The normalized spacial score (nSPS) is 11.5. The molecule has 0 spiro atoms. The molecule has 0 aliphatic rings. The fourth-order valence-electron chi connectivity index (χ4n) is 3.26. The Hall–Kier alpha value is -3.02. The van der Waals surface area contributed by atoms with Gasteiger partial charge in [-0.1, -0.05) is 25.1 Å². The van der Waals surface area contributed by atoms with Gasteiger partial charge in [0.1, 0.15) is 17.5 Å². The van der Waals surface area contributed by atoms with Gasteiger partial charge in [0.2, 0.25) is 5.91 Å². The Morgan fingerprint density at radius 2 is 1.66 bits per heavy atom. The first-order valence-electron chi connectivity index (χ1n) is 9.73. The lowest BCUT2D eigenvalue weighted by atomic mass is 10.1. The molecule has 0 saturated heterocycles. The molecule has 0 saturated carbocycles. The minimum Gasteiger partial charge on any atom is -0.497 e. The Labute approximate surface area is 172 Å². The number of methoxy groups -OCH3 is 1. The second-order valence-electron chi connectivity index (χ2n) is 7.02. The molecule has 156 valence electrons. The zero-order valence-corrected chi connectivity index (χ0v) is 17.8. The molecular weight excluding hydrogens is 368 g/mol. The number of carbonyl (C=O) groups excluding carboxylic acids is 2. The number of rotatable bonds is 9. The van der Waals surface area contributed by atoms with E-state index in [0.29, 0.717) is 18.7 Å². The molecule has 0 radical (unpaired) electrons. The molecule has 2 amide bonds. The van der Waals surface area contributed by atoms with Crippen molar-refractivity contribution < 1.29 is 19.1 Å². The predicted octanol–water partition coefficient (Wildman–Crippen LogP) is 3.24. The summed E-state index contributed by atoms with van der Waals surface area (Å²) in [5.41, 5.74) is 3.05. The van der Waals surface area contributed by atoms with Gasteiger partial charge in [-0.25, -0.2) is 0 Å². The SMILES string of the molecule is CC[C@H](C(=O)NC)N(Cc1ccc(OC)cc1)C(=O)COc1cc(C)cc(C)c1. The van der Waals surface area contributed by atoms with Crippen LogP contribution in [-0.4, -0.2) is 43.5 Å². The topological polar surface area (TPSA) is 67.9 Å². The van der Waals surface area contributed by atoms with Crippen molar-refractivity contribution in [2.24, 2.45) is 0 Å². The third kappa shape index (κ3) is 6.24. The molecule has 0 heterocycles. The molecule has 0 bridgehead atoms.